The minimum Gasteiger partial charge on any atom is -0.497 e. The molecule has 2 heterocycles. The van der Waals surface area contributed by atoms with E-state index in [2.05, 4.69) is 15.6 Å². The van der Waals surface area contributed by atoms with Crippen LogP contribution in [0.1, 0.15) is 5.69 Å². The second-order valence-corrected chi connectivity index (χ2v) is 7.51. The Labute approximate surface area is 165 Å². The van der Waals surface area contributed by atoms with Crippen LogP contribution in [-0.4, -0.2) is 27.0 Å². The van der Waals surface area contributed by atoms with Crippen LogP contribution in [0.4, 0.5) is 0 Å². The summed E-state index contributed by atoms with van der Waals surface area (Å²) >= 11 is 3.12. The van der Waals surface area contributed by atoms with E-state index in [-0.39, 0.29) is 0 Å². The molecule has 0 radical (unpaired) electrons. The van der Waals surface area contributed by atoms with Crippen molar-refractivity contribution in [1.82, 2.24) is 19.9 Å². The highest BCUT2D eigenvalue weighted by Crippen LogP contribution is 2.29. The van der Waals surface area contributed by atoms with E-state index in [1.165, 1.54) is 16.4 Å². The quantitative estimate of drug-likeness (QED) is 0.391. The van der Waals surface area contributed by atoms with Crippen LogP contribution in [0.3, 0.4) is 0 Å². The van der Waals surface area contributed by atoms with Gasteiger partial charge in [0.1, 0.15) is 10.8 Å². The fraction of sp³-hybridized carbons (Fsp3) is 0.105. The third-order valence-electron chi connectivity index (χ3n) is 3.91. The van der Waals surface area contributed by atoms with E-state index in [1.807, 2.05) is 54.6 Å². The number of aromatic nitrogens is 4. The van der Waals surface area contributed by atoms with Gasteiger partial charge in [0.25, 0.3) is 0 Å². The summed E-state index contributed by atoms with van der Waals surface area (Å²) < 4.78 is 6.80. The molecule has 0 saturated carbocycles. The van der Waals surface area contributed by atoms with Gasteiger partial charge in [-0.15, -0.1) is 21.5 Å². The molecule has 6 nitrogen and oxygen atoms in total. The first-order valence-electron chi connectivity index (χ1n) is 8.22. The Kier molecular flexibility index (Phi) is 5.08. The predicted octanol–water partition coefficient (Wildman–Crippen LogP) is 4.08. The molecule has 2 N–H and O–H groups in total. The Morgan fingerprint density at radius 3 is 2.70 bits per heavy atom. The van der Waals surface area contributed by atoms with Crippen LogP contribution in [0.25, 0.3) is 22.0 Å². The smallest absolute Gasteiger partial charge is 0.210 e. The summed E-state index contributed by atoms with van der Waals surface area (Å²) in [6.07, 6.45) is 0. The fourth-order valence-corrected chi connectivity index (χ4v) is 4.23. The van der Waals surface area contributed by atoms with Gasteiger partial charge in [0.2, 0.25) is 5.16 Å². The minimum atomic E-state index is 0.647. The summed E-state index contributed by atoms with van der Waals surface area (Å²) in [7, 11) is 1.66. The molecule has 136 valence electrons. The topological polar surface area (TPSA) is 78.9 Å². The number of nitrogens with two attached hydrogens (primary N) is 1. The highest BCUT2D eigenvalue weighted by Gasteiger charge is 2.13. The van der Waals surface area contributed by atoms with Gasteiger partial charge in [0, 0.05) is 22.3 Å². The molecule has 0 aliphatic carbocycles. The molecule has 0 atom stereocenters. The molecule has 0 fully saturated rings. The molecule has 0 saturated heterocycles. The molecular formula is C19H17N5OS2. The normalized spacial score (nSPS) is 10.9. The van der Waals surface area contributed by atoms with Crippen molar-refractivity contribution in [3.05, 3.63) is 65.7 Å². The molecule has 0 bridgehead atoms. The molecule has 4 rings (SSSR count). The van der Waals surface area contributed by atoms with Crippen LogP contribution in [0.15, 0.2) is 65.1 Å². The first-order chi connectivity index (χ1) is 13.2. The molecule has 27 heavy (non-hydrogen) atoms. The maximum Gasteiger partial charge on any atom is 0.210 e. The summed E-state index contributed by atoms with van der Waals surface area (Å²) in [5.41, 5.74) is 2.96. The maximum atomic E-state index is 6.17. The fourth-order valence-electron chi connectivity index (χ4n) is 2.56. The Bertz CT molecular complexity index is 1050. The van der Waals surface area contributed by atoms with Crippen LogP contribution >= 0.6 is 23.1 Å². The Hall–Kier alpha value is -2.84. The predicted molar refractivity (Wildman–Crippen MR) is 109 cm³/mol. The van der Waals surface area contributed by atoms with Crippen molar-refractivity contribution in [2.45, 2.75) is 10.9 Å². The van der Waals surface area contributed by atoms with Crippen LogP contribution in [0.5, 0.6) is 5.75 Å². The van der Waals surface area contributed by atoms with E-state index in [0.717, 1.165) is 27.6 Å². The van der Waals surface area contributed by atoms with Crippen molar-refractivity contribution in [3.63, 3.8) is 0 Å². The van der Waals surface area contributed by atoms with Crippen LogP contribution in [-0.2, 0) is 5.75 Å². The summed E-state index contributed by atoms with van der Waals surface area (Å²) in [5, 5.41) is 12.1. The lowest BCUT2D eigenvalue weighted by Gasteiger charge is -2.03. The van der Waals surface area contributed by atoms with Gasteiger partial charge in [-0.05, 0) is 12.1 Å². The lowest BCUT2D eigenvalue weighted by molar-refractivity contribution is 0.415. The second-order valence-electron chi connectivity index (χ2n) is 5.71. The molecular weight excluding hydrogens is 378 g/mol. The number of benzene rings is 2. The highest BCUT2D eigenvalue weighted by atomic mass is 32.2. The number of nitrogens with zero attached hydrogens (tertiary/aromatic N) is 4. The zero-order chi connectivity index (χ0) is 18.6. The average molecular weight is 396 g/mol. The van der Waals surface area contributed by atoms with Gasteiger partial charge < -0.3 is 10.6 Å². The van der Waals surface area contributed by atoms with Crippen molar-refractivity contribution in [2.24, 2.45) is 0 Å². The van der Waals surface area contributed by atoms with E-state index in [9.17, 15) is 0 Å². The van der Waals surface area contributed by atoms with Crippen molar-refractivity contribution in [1.29, 1.82) is 0 Å². The standard InChI is InChI=1S/C19H17N5OS2/c1-25-16-9-5-8-14(10-16)18-21-15(11-26-18)12-27-19-23-22-17(24(19)20)13-6-3-2-4-7-13/h2-11H,12,20H2,1H3. The van der Waals surface area contributed by atoms with E-state index in [0.29, 0.717) is 16.7 Å². The SMILES string of the molecule is COc1cccc(-c2nc(CSc3nnc(-c4ccccc4)n3N)cs2)c1. The van der Waals surface area contributed by atoms with Crippen LogP contribution in [0, 0.1) is 0 Å². The molecule has 4 aromatic rings. The zero-order valence-electron chi connectivity index (χ0n) is 14.6. The highest BCUT2D eigenvalue weighted by molar-refractivity contribution is 7.98. The van der Waals surface area contributed by atoms with Crippen LogP contribution in [0.2, 0.25) is 0 Å². The van der Waals surface area contributed by atoms with E-state index in [1.54, 1.807) is 18.4 Å². The number of ether oxygens (including phenoxy) is 1. The van der Waals surface area contributed by atoms with Crippen molar-refractivity contribution in [2.75, 3.05) is 13.0 Å². The van der Waals surface area contributed by atoms with E-state index >= 15 is 0 Å². The molecule has 2 aromatic heterocycles. The molecule has 8 heteroatoms. The number of nitrogen functional groups attached to an aromatic ring is 1. The maximum absolute atomic E-state index is 6.17. The number of thioether (sulfide) groups is 1. The molecule has 2 aromatic carbocycles. The number of methoxy groups -OCH3 is 1. The third-order valence-corrected chi connectivity index (χ3v) is 5.83. The average Bonchev–Trinajstić information content (AvgIpc) is 3.34. The molecule has 0 aliphatic rings. The lowest BCUT2D eigenvalue weighted by Crippen LogP contribution is -2.11. The first kappa shape index (κ1) is 17.6. The number of rotatable bonds is 6. The van der Waals surface area contributed by atoms with Gasteiger partial charge in [0.15, 0.2) is 5.82 Å². The lowest BCUT2D eigenvalue weighted by atomic mass is 10.2. The van der Waals surface area contributed by atoms with Gasteiger partial charge in [-0.2, -0.15) is 0 Å². The molecule has 0 aliphatic heterocycles. The molecule has 0 spiro atoms. The Morgan fingerprint density at radius 2 is 1.89 bits per heavy atom. The van der Waals surface area contributed by atoms with Gasteiger partial charge in [0.05, 0.1) is 12.8 Å². The Balaban J connectivity index is 1.47. The van der Waals surface area contributed by atoms with Gasteiger partial charge in [-0.3, -0.25) is 0 Å². The summed E-state index contributed by atoms with van der Waals surface area (Å²) in [6, 6.07) is 17.7. The monoisotopic (exact) mass is 395 g/mol. The van der Waals surface area contributed by atoms with Crippen molar-refractivity contribution in [3.8, 4) is 27.7 Å². The number of thiazole rings is 1. The molecule has 0 amide bonds. The summed E-state index contributed by atoms with van der Waals surface area (Å²) in [5.74, 6) is 8.31. The van der Waals surface area contributed by atoms with Crippen LogP contribution < -0.4 is 10.6 Å². The number of hydrogen-bond donors (Lipinski definition) is 1. The minimum absolute atomic E-state index is 0.647. The molecule has 0 unspecified atom stereocenters. The second kappa shape index (κ2) is 7.81. The zero-order valence-corrected chi connectivity index (χ0v) is 16.2. The Morgan fingerprint density at radius 1 is 1.07 bits per heavy atom. The summed E-state index contributed by atoms with van der Waals surface area (Å²) in [4.78, 5) is 4.71. The number of hydrogen-bond acceptors (Lipinski definition) is 7. The third kappa shape index (κ3) is 3.81. The van der Waals surface area contributed by atoms with Crippen molar-refractivity contribution >= 4 is 23.1 Å². The summed E-state index contributed by atoms with van der Waals surface area (Å²) in [6.45, 7) is 0. The van der Waals surface area contributed by atoms with Gasteiger partial charge in [-0.1, -0.05) is 54.2 Å². The van der Waals surface area contributed by atoms with Gasteiger partial charge >= 0.3 is 0 Å². The van der Waals surface area contributed by atoms with E-state index < -0.39 is 0 Å². The largest absolute Gasteiger partial charge is 0.497 e. The van der Waals surface area contributed by atoms with Crippen molar-refractivity contribution < 1.29 is 4.74 Å². The van der Waals surface area contributed by atoms with Gasteiger partial charge in [-0.25, -0.2) is 9.66 Å². The van der Waals surface area contributed by atoms with E-state index in [4.69, 9.17) is 15.6 Å². The first-order valence-corrected chi connectivity index (χ1v) is 10.1.